The lowest BCUT2D eigenvalue weighted by Gasteiger charge is -2.26. The number of nitro groups is 1. The third-order valence-electron chi connectivity index (χ3n) is 5.20. The van der Waals surface area contributed by atoms with Gasteiger partial charge in [0.2, 0.25) is 0 Å². The summed E-state index contributed by atoms with van der Waals surface area (Å²) in [5, 5.41) is 13.0. The minimum atomic E-state index is -0.931. The Bertz CT molecular complexity index is 1480. The number of non-ortho nitro benzene ring substituents is 1. The first kappa shape index (κ1) is 25.3. The number of carbonyl (C=O) groups is 4. The second kappa shape index (κ2) is 10.4. The van der Waals surface area contributed by atoms with Gasteiger partial charge in [0.05, 0.1) is 23.3 Å². The summed E-state index contributed by atoms with van der Waals surface area (Å²) in [6.45, 7) is 0. The van der Waals surface area contributed by atoms with Crippen molar-refractivity contribution in [2.45, 2.75) is 0 Å². The Morgan fingerprint density at radius 3 is 2.46 bits per heavy atom. The summed E-state index contributed by atoms with van der Waals surface area (Å²) < 4.78 is 11.1. The molecule has 1 N–H and O–H groups in total. The van der Waals surface area contributed by atoms with Gasteiger partial charge >= 0.3 is 12.0 Å². The Morgan fingerprint density at radius 1 is 1.05 bits per heavy atom. The standard InChI is InChI=1S/C25H16BrN3O8/c1-36-19-4-2-3-18(13-19)28-23(31)20(22(30)27-25(28)33)12-15-11-16(26)7-10-21(15)37-24(32)14-5-8-17(9-6-14)29(34)35/h2-13H,1H3,(H,27,30,33)/b20-12-. The molecule has 186 valence electrons. The van der Waals surface area contributed by atoms with Crippen molar-refractivity contribution in [2.75, 3.05) is 12.0 Å². The second-order valence-corrected chi connectivity index (χ2v) is 8.45. The summed E-state index contributed by atoms with van der Waals surface area (Å²) in [6.07, 6.45) is 1.19. The van der Waals surface area contributed by atoms with Gasteiger partial charge in [-0.05, 0) is 48.5 Å². The van der Waals surface area contributed by atoms with E-state index in [1.807, 2.05) is 0 Å². The largest absolute Gasteiger partial charge is 0.497 e. The van der Waals surface area contributed by atoms with Crippen molar-refractivity contribution in [3.63, 3.8) is 0 Å². The predicted octanol–water partition coefficient (Wildman–Crippen LogP) is 4.25. The number of carbonyl (C=O) groups excluding carboxylic acids is 4. The summed E-state index contributed by atoms with van der Waals surface area (Å²) in [5.41, 5.74) is -0.161. The fourth-order valence-corrected chi connectivity index (χ4v) is 3.78. The zero-order valence-electron chi connectivity index (χ0n) is 19.0. The fraction of sp³-hybridized carbons (Fsp3) is 0.0400. The molecule has 0 aliphatic carbocycles. The van der Waals surface area contributed by atoms with Gasteiger partial charge in [-0.3, -0.25) is 25.0 Å². The fourth-order valence-electron chi connectivity index (χ4n) is 3.40. The molecule has 0 atom stereocenters. The van der Waals surface area contributed by atoms with Gasteiger partial charge in [-0.15, -0.1) is 0 Å². The number of barbiturate groups is 1. The molecule has 37 heavy (non-hydrogen) atoms. The molecule has 11 nitrogen and oxygen atoms in total. The van der Waals surface area contributed by atoms with Crippen molar-refractivity contribution in [3.8, 4) is 11.5 Å². The van der Waals surface area contributed by atoms with Crippen LogP contribution in [0, 0.1) is 10.1 Å². The Morgan fingerprint density at radius 2 is 1.78 bits per heavy atom. The smallest absolute Gasteiger partial charge is 0.343 e. The minimum Gasteiger partial charge on any atom is -0.497 e. The lowest BCUT2D eigenvalue weighted by Crippen LogP contribution is -2.54. The first-order valence-electron chi connectivity index (χ1n) is 10.5. The average Bonchev–Trinajstić information content (AvgIpc) is 2.88. The van der Waals surface area contributed by atoms with Crippen LogP contribution in [-0.4, -0.2) is 35.8 Å². The number of esters is 1. The number of amides is 4. The summed E-state index contributed by atoms with van der Waals surface area (Å²) in [7, 11) is 1.43. The summed E-state index contributed by atoms with van der Waals surface area (Å²) in [4.78, 5) is 62.0. The van der Waals surface area contributed by atoms with Gasteiger partial charge in [0.25, 0.3) is 17.5 Å². The van der Waals surface area contributed by atoms with E-state index < -0.39 is 28.7 Å². The maximum absolute atomic E-state index is 13.2. The van der Waals surface area contributed by atoms with Crippen molar-refractivity contribution in [1.29, 1.82) is 0 Å². The zero-order chi connectivity index (χ0) is 26.7. The van der Waals surface area contributed by atoms with Crippen LogP contribution in [0.1, 0.15) is 15.9 Å². The number of anilines is 1. The lowest BCUT2D eigenvalue weighted by atomic mass is 10.1. The van der Waals surface area contributed by atoms with E-state index in [0.717, 1.165) is 17.0 Å². The molecule has 1 saturated heterocycles. The van der Waals surface area contributed by atoms with E-state index in [-0.39, 0.29) is 33.8 Å². The maximum Gasteiger partial charge on any atom is 0.343 e. The van der Waals surface area contributed by atoms with E-state index in [4.69, 9.17) is 9.47 Å². The Balaban J connectivity index is 1.68. The molecule has 12 heteroatoms. The average molecular weight is 566 g/mol. The number of nitrogens with zero attached hydrogens (tertiary/aromatic N) is 2. The van der Waals surface area contributed by atoms with Crippen LogP contribution >= 0.6 is 15.9 Å². The van der Waals surface area contributed by atoms with Gasteiger partial charge in [0.1, 0.15) is 17.1 Å². The van der Waals surface area contributed by atoms with Gasteiger partial charge in [-0.2, -0.15) is 0 Å². The van der Waals surface area contributed by atoms with Gasteiger partial charge < -0.3 is 9.47 Å². The number of methoxy groups -OCH3 is 1. The SMILES string of the molecule is COc1cccc(N2C(=O)NC(=O)/C(=C/c3cc(Br)ccc3OC(=O)c3ccc([N+](=O)[O-])cc3)C2=O)c1. The summed E-state index contributed by atoms with van der Waals surface area (Å²) >= 11 is 3.30. The molecule has 0 saturated carbocycles. The quantitative estimate of drug-likeness (QED) is 0.116. The van der Waals surface area contributed by atoms with Crippen LogP contribution in [0.15, 0.2) is 76.8 Å². The Kier molecular flexibility index (Phi) is 7.11. The van der Waals surface area contributed by atoms with Gasteiger partial charge in [0, 0.05) is 28.2 Å². The Hall–Kier alpha value is -4.84. The number of nitro benzene ring substituents is 1. The zero-order valence-corrected chi connectivity index (χ0v) is 20.6. The monoisotopic (exact) mass is 565 g/mol. The number of ether oxygens (including phenoxy) is 2. The number of nitrogens with one attached hydrogen (secondary N) is 1. The number of halogens is 1. The normalized spacial score (nSPS) is 14.4. The topological polar surface area (TPSA) is 145 Å². The molecule has 1 aliphatic rings. The molecule has 0 unspecified atom stereocenters. The van der Waals surface area contributed by atoms with Gasteiger partial charge in [-0.25, -0.2) is 14.5 Å². The third kappa shape index (κ3) is 5.38. The van der Waals surface area contributed by atoms with Crippen molar-refractivity contribution in [1.82, 2.24) is 5.32 Å². The van der Waals surface area contributed by atoms with E-state index >= 15 is 0 Å². The molecule has 0 spiro atoms. The van der Waals surface area contributed by atoms with Gasteiger partial charge in [-0.1, -0.05) is 22.0 Å². The van der Waals surface area contributed by atoms with E-state index in [9.17, 15) is 29.3 Å². The van der Waals surface area contributed by atoms with Crippen LogP contribution in [0.5, 0.6) is 11.5 Å². The molecule has 0 radical (unpaired) electrons. The maximum atomic E-state index is 13.2. The lowest BCUT2D eigenvalue weighted by molar-refractivity contribution is -0.384. The first-order chi connectivity index (χ1) is 17.7. The van der Waals surface area contributed by atoms with E-state index in [2.05, 4.69) is 21.2 Å². The van der Waals surface area contributed by atoms with E-state index in [1.165, 1.54) is 49.6 Å². The molecule has 1 fully saturated rings. The minimum absolute atomic E-state index is 0.00415. The van der Waals surface area contributed by atoms with Crippen molar-refractivity contribution < 1.29 is 33.6 Å². The number of urea groups is 1. The summed E-state index contributed by atoms with van der Waals surface area (Å²) in [6, 6.07) is 14.6. The van der Waals surface area contributed by atoms with Crippen molar-refractivity contribution in [3.05, 3.63) is 98.0 Å². The highest BCUT2D eigenvalue weighted by Gasteiger charge is 2.37. The second-order valence-electron chi connectivity index (χ2n) is 7.53. The molecular formula is C25H16BrN3O8. The van der Waals surface area contributed by atoms with Gasteiger partial charge in [0.15, 0.2) is 0 Å². The highest BCUT2D eigenvalue weighted by atomic mass is 79.9. The number of rotatable bonds is 6. The van der Waals surface area contributed by atoms with E-state index in [1.54, 1.807) is 18.2 Å². The highest BCUT2D eigenvalue weighted by Crippen LogP contribution is 2.30. The molecule has 3 aromatic carbocycles. The highest BCUT2D eigenvalue weighted by molar-refractivity contribution is 9.10. The molecule has 4 rings (SSSR count). The third-order valence-corrected chi connectivity index (χ3v) is 5.69. The first-order valence-corrected chi connectivity index (χ1v) is 11.3. The molecule has 1 aliphatic heterocycles. The predicted molar refractivity (Wildman–Crippen MR) is 134 cm³/mol. The molecular weight excluding hydrogens is 550 g/mol. The molecule has 0 bridgehead atoms. The molecule has 1 heterocycles. The van der Waals surface area contributed by atoms with Crippen LogP contribution < -0.4 is 19.7 Å². The van der Waals surface area contributed by atoms with Crippen LogP contribution in [-0.2, 0) is 9.59 Å². The van der Waals surface area contributed by atoms with Crippen molar-refractivity contribution in [2.24, 2.45) is 0 Å². The van der Waals surface area contributed by atoms with Crippen LogP contribution in [0.2, 0.25) is 0 Å². The van der Waals surface area contributed by atoms with E-state index in [0.29, 0.717) is 10.2 Å². The number of hydrogen-bond acceptors (Lipinski definition) is 8. The molecule has 4 amide bonds. The summed E-state index contributed by atoms with van der Waals surface area (Å²) in [5.74, 6) is -2.24. The Labute approximate surface area is 217 Å². The van der Waals surface area contributed by atoms with Crippen LogP contribution in [0.25, 0.3) is 6.08 Å². The van der Waals surface area contributed by atoms with Crippen LogP contribution in [0.4, 0.5) is 16.2 Å². The number of imide groups is 2. The molecule has 0 aromatic heterocycles. The van der Waals surface area contributed by atoms with Crippen LogP contribution in [0.3, 0.4) is 0 Å². The number of hydrogen-bond donors (Lipinski definition) is 1. The molecule has 3 aromatic rings. The van der Waals surface area contributed by atoms with Crippen molar-refractivity contribution >= 4 is 57.2 Å². The number of benzene rings is 3.